The van der Waals surface area contributed by atoms with Gasteiger partial charge in [0.15, 0.2) is 0 Å². The van der Waals surface area contributed by atoms with E-state index in [4.69, 9.17) is 11.6 Å². The molecule has 4 heteroatoms. The fourth-order valence-electron chi connectivity index (χ4n) is 2.25. The van der Waals surface area contributed by atoms with Gasteiger partial charge in [-0.1, -0.05) is 23.7 Å². The Hall–Kier alpha value is -1.32. The molecule has 2 heterocycles. The van der Waals surface area contributed by atoms with Gasteiger partial charge in [-0.2, -0.15) is 0 Å². The Bertz CT molecular complexity index is 515. The van der Waals surface area contributed by atoms with Crippen LogP contribution in [0.5, 0.6) is 0 Å². The van der Waals surface area contributed by atoms with Gasteiger partial charge in [0.2, 0.25) is 0 Å². The van der Waals surface area contributed by atoms with E-state index >= 15 is 0 Å². The normalized spacial score (nSPS) is 19.7. The minimum Gasteiger partial charge on any atom is -0.341 e. The molecule has 2 aromatic rings. The van der Waals surface area contributed by atoms with E-state index in [0.717, 1.165) is 28.6 Å². The van der Waals surface area contributed by atoms with Gasteiger partial charge in [-0.3, -0.25) is 0 Å². The second-order valence-corrected chi connectivity index (χ2v) is 4.72. The highest BCUT2D eigenvalue weighted by atomic mass is 35.5. The molecule has 1 aromatic carbocycles. The summed E-state index contributed by atoms with van der Waals surface area (Å²) in [4.78, 5) is 7.77. The lowest BCUT2D eigenvalue weighted by Crippen LogP contribution is -2.12. The van der Waals surface area contributed by atoms with Crippen molar-refractivity contribution in [2.75, 3.05) is 6.54 Å². The zero-order chi connectivity index (χ0) is 11.7. The Balaban J connectivity index is 1.92. The third-order valence-corrected chi connectivity index (χ3v) is 3.49. The number of rotatable bonds is 2. The second-order valence-electron chi connectivity index (χ2n) is 4.32. The van der Waals surface area contributed by atoms with Crippen LogP contribution < -0.4 is 5.32 Å². The lowest BCUT2D eigenvalue weighted by Gasteiger charge is -2.06. The largest absolute Gasteiger partial charge is 0.341 e. The van der Waals surface area contributed by atoms with Crippen molar-refractivity contribution in [3.8, 4) is 11.4 Å². The molecule has 88 valence electrons. The maximum atomic E-state index is 6.15. The van der Waals surface area contributed by atoms with E-state index in [-0.39, 0.29) is 0 Å². The molecule has 1 saturated heterocycles. The van der Waals surface area contributed by atoms with Crippen molar-refractivity contribution < 1.29 is 0 Å². The summed E-state index contributed by atoms with van der Waals surface area (Å²) in [5.74, 6) is 0.847. The first-order valence-electron chi connectivity index (χ1n) is 5.88. The van der Waals surface area contributed by atoms with Crippen molar-refractivity contribution in [3.05, 3.63) is 41.2 Å². The molecule has 0 amide bonds. The summed E-state index contributed by atoms with van der Waals surface area (Å²) in [6, 6.07) is 8.17. The molecule has 0 saturated carbocycles. The maximum Gasteiger partial charge on any atom is 0.139 e. The standard InChI is InChI=1S/C13H14ClN3/c14-10-5-2-1-4-9(10)13-16-8-12(17-13)11-6-3-7-15-11/h1-2,4-5,8,11,15H,3,6-7H2,(H,16,17). The number of benzene rings is 1. The number of nitrogens with one attached hydrogen (secondary N) is 2. The molecule has 1 fully saturated rings. The molecular formula is C13H14ClN3. The minimum atomic E-state index is 0.415. The monoisotopic (exact) mass is 247 g/mol. The quantitative estimate of drug-likeness (QED) is 0.856. The third kappa shape index (κ3) is 2.08. The average Bonchev–Trinajstić information content (AvgIpc) is 3.00. The summed E-state index contributed by atoms with van der Waals surface area (Å²) in [6.45, 7) is 1.09. The first-order valence-corrected chi connectivity index (χ1v) is 6.25. The van der Waals surface area contributed by atoms with Gasteiger partial charge >= 0.3 is 0 Å². The number of hydrogen-bond acceptors (Lipinski definition) is 2. The molecule has 3 rings (SSSR count). The van der Waals surface area contributed by atoms with Gasteiger partial charge in [0.1, 0.15) is 5.82 Å². The van der Waals surface area contributed by atoms with Gasteiger partial charge in [-0.15, -0.1) is 0 Å². The fraction of sp³-hybridized carbons (Fsp3) is 0.308. The number of aromatic amines is 1. The molecular weight excluding hydrogens is 234 g/mol. The molecule has 1 aliphatic heterocycles. The molecule has 1 aliphatic rings. The molecule has 1 aromatic heterocycles. The highest BCUT2D eigenvalue weighted by Crippen LogP contribution is 2.27. The SMILES string of the molecule is Clc1ccccc1-c1ncc(C2CCCN2)[nH]1. The number of halogens is 1. The predicted molar refractivity (Wildman–Crippen MR) is 69.0 cm³/mol. The summed E-state index contributed by atoms with van der Waals surface area (Å²) in [7, 11) is 0. The van der Waals surface area contributed by atoms with Crippen LogP contribution >= 0.6 is 11.6 Å². The summed E-state index contributed by atoms with van der Waals surface area (Å²) in [6.07, 6.45) is 4.30. The molecule has 1 unspecified atom stereocenters. The fourth-order valence-corrected chi connectivity index (χ4v) is 2.48. The van der Waals surface area contributed by atoms with Crippen LogP contribution in [0.25, 0.3) is 11.4 Å². The smallest absolute Gasteiger partial charge is 0.139 e. The van der Waals surface area contributed by atoms with Gasteiger partial charge < -0.3 is 10.3 Å². The van der Waals surface area contributed by atoms with Crippen molar-refractivity contribution in [3.63, 3.8) is 0 Å². The average molecular weight is 248 g/mol. The van der Waals surface area contributed by atoms with Crippen LogP contribution in [-0.2, 0) is 0 Å². The summed E-state index contributed by atoms with van der Waals surface area (Å²) < 4.78 is 0. The number of H-pyrrole nitrogens is 1. The first kappa shape index (κ1) is 10.8. The molecule has 2 N–H and O–H groups in total. The van der Waals surface area contributed by atoms with Crippen molar-refractivity contribution in [2.45, 2.75) is 18.9 Å². The van der Waals surface area contributed by atoms with Crippen LogP contribution in [-0.4, -0.2) is 16.5 Å². The van der Waals surface area contributed by atoms with E-state index in [1.165, 1.54) is 12.8 Å². The Labute approximate surface area is 105 Å². The zero-order valence-electron chi connectivity index (χ0n) is 9.41. The molecule has 17 heavy (non-hydrogen) atoms. The summed E-state index contributed by atoms with van der Waals surface area (Å²) in [5, 5.41) is 4.18. The topological polar surface area (TPSA) is 40.7 Å². The molecule has 0 bridgehead atoms. The molecule has 0 radical (unpaired) electrons. The Morgan fingerprint density at radius 2 is 2.18 bits per heavy atom. The van der Waals surface area contributed by atoms with Gasteiger partial charge in [-0.05, 0) is 31.5 Å². The van der Waals surface area contributed by atoms with Crippen molar-refractivity contribution >= 4 is 11.6 Å². The van der Waals surface area contributed by atoms with Crippen LogP contribution in [0.2, 0.25) is 5.02 Å². The highest BCUT2D eigenvalue weighted by Gasteiger charge is 2.18. The van der Waals surface area contributed by atoms with Crippen LogP contribution in [0.15, 0.2) is 30.5 Å². The van der Waals surface area contributed by atoms with Gasteiger partial charge in [0.05, 0.1) is 16.9 Å². The Morgan fingerprint density at radius 1 is 1.29 bits per heavy atom. The predicted octanol–water partition coefficient (Wildman–Crippen LogP) is 3.15. The van der Waals surface area contributed by atoms with Crippen molar-refractivity contribution in [1.82, 2.24) is 15.3 Å². The van der Waals surface area contributed by atoms with E-state index < -0.39 is 0 Å². The van der Waals surface area contributed by atoms with Gasteiger partial charge in [0, 0.05) is 11.6 Å². The Morgan fingerprint density at radius 3 is 2.94 bits per heavy atom. The minimum absolute atomic E-state index is 0.415. The lowest BCUT2D eigenvalue weighted by atomic mass is 10.2. The third-order valence-electron chi connectivity index (χ3n) is 3.16. The summed E-state index contributed by atoms with van der Waals surface area (Å²) >= 11 is 6.15. The summed E-state index contributed by atoms with van der Waals surface area (Å²) in [5.41, 5.74) is 2.11. The second kappa shape index (κ2) is 4.51. The zero-order valence-corrected chi connectivity index (χ0v) is 10.2. The molecule has 3 nitrogen and oxygen atoms in total. The van der Waals surface area contributed by atoms with E-state index in [0.29, 0.717) is 6.04 Å². The van der Waals surface area contributed by atoms with E-state index in [1.807, 2.05) is 30.5 Å². The van der Waals surface area contributed by atoms with Gasteiger partial charge in [0.25, 0.3) is 0 Å². The molecule has 1 atom stereocenters. The van der Waals surface area contributed by atoms with Crippen LogP contribution in [0.1, 0.15) is 24.6 Å². The van der Waals surface area contributed by atoms with Crippen LogP contribution in [0, 0.1) is 0 Å². The lowest BCUT2D eigenvalue weighted by molar-refractivity contribution is 0.632. The van der Waals surface area contributed by atoms with Crippen LogP contribution in [0.3, 0.4) is 0 Å². The van der Waals surface area contributed by atoms with Gasteiger partial charge in [-0.25, -0.2) is 4.98 Å². The van der Waals surface area contributed by atoms with Crippen molar-refractivity contribution in [2.24, 2.45) is 0 Å². The van der Waals surface area contributed by atoms with E-state index in [2.05, 4.69) is 15.3 Å². The maximum absolute atomic E-state index is 6.15. The first-order chi connectivity index (χ1) is 8.34. The molecule has 0 spiro atoms. The van der Waals surface area contributed by atoms with E-state index in [9.17, 15) is 0 Å². The Kier molecular flexibility index (Phi) is 2.87. The van der Waals surface area contributed by atoms with Crippen molar-refractivity contribution in [1.29, 1.82) is 0 Å². The van der Waals surface area contributed by atoms with E-state index in [1.54, 1.807) is 0 Å². The highest BCUT2D eigenvalue weighted by molar-refractivity contribution is 6.33. The van der Waals surface area contributed by atoms with Crippen LogP contribution in [0.4, 0.5) is 0 Å². The number of nitrogens with zero attached hydrogens (tertiary/aromatic N) is 1. The number of aromatic nitrogens is 2. The number of imidazole rings is 1. The molecule has 0 aliphatic carbocycles. The number of hydrogen-bond donors (Lipinski definition) is 2.